The standard InChI is InChI=1S/C15H17N5O5S/c16-13(21)7-6-12(14(22)23)19-10-2-4-11(5-3-10)26(24,25)20-15-17-8-1-9-18-15/h1-5,8-9,12,19H,6-7H2,(H2,16,21)(H,22,23)(H,17,18,20)/t12-/m0/s1. The van der Waals surface area contributed by atoms with Gasteiger partial charge in [-0.2, -0.15) is 0 Å². The summed E-state index contributed by atoms with van der Waals surface area (Å²) < 4.78 is 26.8. The van der Waals surface area contributed by atoms with Gasteiger partial charge in [0.2, 0.25) is 11.9 Å². The molecule has 0 spiro atoms. The van der Waals surface area contributed by atoms with Gasteiger partial charge in [0.15, 0.2) is 0 Å². The van der Waals surface area contributed by atoms with E-state index in [1.807, 2.05) is 0 Å². The second-order valence-corrected chi connectivity index (χ2v) is 6.92. The number of carbonyl (C=O) groups excluding carboxylic acids is 1. The van der Waals surface area contributed by atoms with Crippen molar-refractivity contribution < 1.29 is 23.1 Å². The van der Waals surface area contributed by atoms with Crippen molar-refractivity contribution in [1.82, 2.24) is 9.97 Å². The van der Waals surface area contributed by atoms with Gasteiger partial charge in [-0.05, 0) is 36.8 Å². The van der Waals surface area contributed by atoms with Gasteiger partial charge in [-0.15, -0.1) is 0 Å². The van der Waals surface area contributed by atoms with E-state index in [1.165, 1.54) is 36.7 Å². The van der Waals surface area contributed by atoms with Crippen molar-refractivity contribution in [2.24, 2.45) is 5.73 Å². The van der Waals surface area contributed by atoms with Gasteiger partial charge in [-0.25, -0.2) is 27.9 Å². The van der Waals surface area contributed by atoms with Crippen LogP contribution in [0.5, 0.6) is 0 Å². The van der Waals surface area contributed by atoms with Crippen LogP contribution in [-0.2, 0) is 19.6 Å². The van der Waals surface area contributed by atoms with Crippen LogP contribution in [0.15, 0.2) is 47.6 Å². The molecule has 0 aliphatic carbocycles. The largest absolute Gasteiger partial charge is 0.480 e. The molecule has 138 valence electrons. The second kappa shape index (κ2) is 8.25. The van der Waals surface area contributed by atoms with E-state index in [2.05, 4.69) is 20.0 Å². The maximum Gasteiger partial charge on any atom is 0.326 e. The van der Waals surface area contributed by atoms with Crippen molar-refractivity contribution in [3.63, 3.8) is 0 Å². The average molecular weight is 379 g/mol. The van der Waals surface area contributed by atoms with E-state index < -0.39 is 27.9 Å². The van der Waals surface area contributed by atoms with E-state index in [1.54, 1.807) is 6.07 Å². The molecule has 0 aliphatic heterocycles. The molecule has 2 rings (SSSR count). The summed E-state index contributed by atoms with van der Waals surface area (Å²) in [7, 11) is -3.88. The minimum absolute atomic E-state index is 0.0115. The first-order chi connectivity index (χ1) is 12.3. The Morgan fingerprint density at radius 2 is 1.77 bits per heavy atom. The summed E-state index contributed by atoms with van der Waals surface area (Å²) in [6, 6.07) is 5.97. The van der Waals surface area contributed by atoms with Crippen LogP contribution in [0.1, 0.15) is 12.8 Å². The zero-order valence-corrected chi connectivity index (χ0v) is 14.3. The first kappa shape index (κ1) is 19.1. The smallest absolute Gasteiger partial charge is 0.326 e. The molecule has 0 fully saturated rings. The molecule has 5 N–H and O–H groups in total. The molecule has 0 saturated carbocycles. The second-order valence-electron chi connectivity index (χ2n) is 5.24. The van der Waals surface area contributed by atoms with Crippen molar-refractivity contribution >= 4 is 33.5 Å². The van der Waals surface area contributed by atoms with Gasteiger partial charge >= 0.3 is 5.97 Å². The molecular formula is C15H17N5O5S. The van der Waals surface area contributed by atoms with Crippen LogP contribution in [0, 0.1) is 0 Å². The lowest BCUT2D eigenvalue weighted by atomic mass is 10.1. The number of rotatable bonds is 9. The van der Waals surface area contributed by atoms with Gasteiger partial charge in [0, 0.05) is 24.5 Å². The number of carboxylic acids is 1. The van der Waals surface area contributed by atoms with E-state index in [9.17, 15) is 18.0 Å². The average Bonchev–Trinajstić information content (AvgIpc) is 2.59. The molecule has 0 bridgehead atoms. The number of amides is 1. The number of anilines is 2. The van der Waals surface area contributed by atoms with Crippen LogP contribution in [0.4, 0.5) is 11.6 Å². The van der Waals surface area contributed by atoms with E-state index in [0.29, 0.717) is 5.69 Å². The summed E-state index contributed by atoms with van der Waals surface area (Å²) in [6.07, 6.45) is 2.72. The van der Waals surface area contributed by atoms with E-state index in [0.717, 1.165) is 0 Å². The molecule has 0 radical (unpaired) electrons. The van der Waals surface area contributed by atoms with Crippen LogP contribution in [0.3, 0.4) is 0 Å². The number of carboxylic acid groups (broad SMARTS) is 1. The van der Waals surface area contributed by atoms with E-state index in [4.69, 9.17) is 10.8 Å². The van der Waals surface area contributed by atoms with E-state index in [-0.39, 0.29) is 23.7 Å². The molecule has 0 unspecified atom stereocenters. The highest BCUT2D eigenvalue weighted by molar-refractivity contribution is 7.92. The van der Waals surface area contributed by atoms with Crippen LogP contribution >= 0.6 is 0 Å². The zero-order chi connectivity index (χ0) is 19.2. The molecule has 10 nitrogen and oxygen atoms in total. The molecular weight excluding hydrogens is 362 g/mol. The van der Waals surface area contributed by atoms with Crippen molar-refractivity contribution in [3.8, 4) is 0 Å². The Balaban J connectivity index is 2.09. The molecule has 26 heavy (non-hydrogen) atoms. The highest BCUT2D eigenvalue weighted by Crippen LogP contribution is 2.17. The number of nitrogens with one attached hydrogen (secondary N) is 2. The predicted octanol–water partition coefficient (Wildman–Crippen LogP) is 0.408. The number of carbonyl (C=O) groups is 2. The molecule has 1 aromatic heterocycles. The van der Waals surface area contributed by atoms with Gasteiger partial charge < -0.3 is 16.2 Å². The lowest BCUT2D eigenvalue weighted by Crippen LogP contribution is -2.30. The van der Waals surface area contributed by atoms with Gasteiger partial charge in [-0.1, -0.05) is 0 Å². The first-order valence-electron chi connectivity index (χ1n) is 7.45. The Morgan fingerprint density at radius 3 is 2.31 bits per heavy atom. The number of hydrogen-bond acceptors (Lipinski definition) is 7. The summed E-state index contributed by atoms with van der Waals surface area (Å²) >= 11 is 0. The fourth-order valence-corrected chi connectivity index (χ4v) is 2.96. The first-order valence-corrected chi connectivity index (χ1v) is 8.94. The summed E-state index contributed by atoms with van der Waals surface area (Å²) in [5.74, 6) is -1.81. The van der Waals surface area contributed by atoms with Crippen molar-refractivity contribution in [3.05, 3.63) is 42.7 Å². The summed E-state index contributed by atoms with van der Waals surface area (Å²) in [6.45, 7) is 0. The summed E-state index contributed by atoms with van der Waals surface area (Å²) in [5.41, 5.74) is 5.41. The normalized spacial score (nSPS) is 12.2. The van der Waals surface area contributed by atoms with E-state index >= 15 is 0 Å². The minimum Gasteiger partial charge on any atom is -0.480 e. The SMILES string of the molecule is NC(=O)CC[C@H](Nc1ccc(S(=O)(=O)Nc2ncccn2)cc1)C(=O)O. The van der Waals surface area contributed by atoms with Crippen molar-refractivity contribution in [2.45, 2.75) is 23.8 Å². The third-order valence-corrected chi connectivity index (χ3v) is 4.62. The third kappa shape index (κ3) is 5.41. The maximum absolute atomic E-state index is 12.3. The number of aliphatic carboxylic acids is 1. The van der Waals surface area contributed by atoms with Gasteiger partial charge in [0.05, 0.1) is 4.90 Å². The molecule has 1 aromatic carbocycles. The molecule has 2 aromatic rings. The van der Waals surface area contributed by atoms with Crippen molar-refractivity contribution in [1.29, 1.82) is 0 Å². The number of benzene rings is 1. The number of primary amides is 1. The maximum atomic E-state index is 12.3. The number of nitrogens with zero attached hydrogens (tertiary/aromatic N) is 2. The fourth-order valence-electron chi connectivity index (χ4n) is 2.01. The molecule has 1 amide bonds. The Bertz CT molecular complexity index is 871. The van der Waals surface area contributed by atoms with Gasteiger partial charge in [0.1, 0.15) is 6.04 Å². The quantitative estimate of drug-likeness (QED) is 0.486. The third-order valence-electron chi connectivity index (χ3n) is 3.27. The van der Waals surface area contributed by atoms with Gasteiger partial charge in [0.25, 0.3) is 10.0 Å². The summed E-state index contributed by atoms with van der Waals surface area (Å²) in [4.78, 5) is 29.5. The number of aromatic nitrogens is 2. The molecule has 11 heteroatoms. The Kier molecular flexibility index (Phi) is 6.07. The topological polar surface area (TPSA) is 164 Å². The minimum atomic E-state index is -3.88. The Hall–Kier alpha value is -3.21. The fraction of sp³-hybridized carbons (Fsp3) is 0.200. The lowest BCUT2D eigenvalue weighted by Gasteiger charge is -2.15. The highest BCUT2D eigenvalue weighted by atomic mass is 32.2. The summed E-state index contributed by atoms with van der Waals surface area (Å²) in [5, 5.41) is 11.9. The number of nitrogens with two attached hydrogens (primary N) is 1. The highest BCUT2D eigenvalue weighted by Gasteiger charge is 2.19. The lowest BCUT2D eigenvalue weighted by molar-refractivity contribution is -0.138. The van der Waals surface area contributed by atoms with Crippen LogP contribution in [0.2, 0.25) is 0 Å². The molecule has 1 heterocycles. The predicted molar refractivity (Wildman–Crippen MR) is 92.8 cm³/mol. The molecule has 1 atom stereocenters. The van der Waals surface area contributed by atoms with Crippen LogP contribution in [0.25, 0.3) is 0 Å². The zero-order valence-electron chi connectivity index (χ0n) is 13.5. The van der Waals surface area contributed by atoms with Gasteiger partial charge in [-0.3, -0.25) is 4.79 Å². The number of hydrogen-bond donors (Lipinski definition) is 4. The van der Waals surface area contributed by atoms with Crippen LogP contribution < -0.4 is 15.8 Å². The number of sulfonamides is 1. The van der Waals surface area contributed by atoms with Crippen LogP contribution in [-0.4, -0.2) is 41.4 Å². The Labute approximate surface area is 149 Å². The molecule has 0 aliphatic rings. The monoisotopic (exact) mass is 379 g/mol. The van der Waals surface area contributed by atoms with Crippen molar-refractivity contribution in [2.75, 3.05) is 10.0 Å². The molecule has 0 saturated heterocycles. The Morgan fingerprint density at radius 1 is 1.15 bits per heavy atom.